The first-order valence-electron chi connectivity index (χ1n) is 7.42. The molecule has 0 fully saturated rings. The number of nitrogens with zero attached hydrogens (tertiary/aromatic N) is 2. The largest absolute Gasteiger partial charge is 0.469 e. The Balaban J connectivity index is 0.00000264. The van der Waals surface area contributed by atoms with Gasteiger partial charge in [-0.25, -0.2) is 0 Å². The van der Waals surface area contributed by atoms with Crippen LogP contribution in [0.4, 0.5) is 5.69 Å². The summed E-state index contributed by atoms with van der Waals surface area (Å²) in [5.74, 6) is 1.77. The zero-order chi connectivity index (χ0) is 15.8. The van der Waals surface area contributed by atoms with Crippen LogP contribution in [0.2, 0.25) is 0 Å². The van der Waals surface area contributed by atoms with Crippen molar-refractivity contribution in [3.8, 4) is 0 Å². The molecule has 0 aliphatic heterocycles. The van der Waals surface area contributed by atoms with Crippen LogP contribution in [0.3, 0.4) is 0 Å². The van der Waals surface area contributed by atoms with Crippen LogP contribution in [-0.2, 0) is 13.0 Å². The standard InChI is InChI=1S/C17H24N4O.HI/c1-18-17(19-10-9-16-8-5-11-22-16)20-13-14-6-4-7-15(12-14)21(2)3;/h4-8,11-12H,9-10,13H2,1-3H3,(H2,18,19,20);1H. The lowest BCUT2D eigenvalue weighted by atomic mass is 10.2. The van der Waals surface area contributed by atoms with E-state index in [1.807, 2.05) is 26.2 Å². The van der Waals surface area contributed by atoms with E-state index in [-0.39, 0.29) is 24.0 Å². The second kappa shape index (κ2) is 10.1. The molecular formula is C17H25IN4O. The van der Waals surface area contributed by atoms with Crippen LogP contribution in [0.25, 0.3) is 0 Å². The number of hydrogen-bond acceptors (Lipinski definition) is 3. The van der Waals surface area contributed by atoms with Crippen LogP contribution >= 0.6 is 24.0 Å². The van der Waals surface area contributed by atoms with Crippen molar-refractivity contribution >= 4 is 35.6 Å². The summed E-state index contributed by atoms with van der Waals surface area (Å²) in [7, 11) is 5.86. The fourth-order valence-corrected chi connectivity index (χ4v) is 2.11. The summed E-state index contributed by atoms with van der Waals surface area (Å²) in [5.41, 5.74) is 2.42. The van der Waals surface area contributed by atoms with Crippen molar-refractivity contribution in [2.45, 2.75) is 13.0 Å². The molecule has 6 heteroatoms. The molecule has 0 saturated heterocycles. The minimum Gasteiger partial charge on any atom is -0.469 e. The summed E-state index contributed by atoms with van der Waals surface area (Å²) in [6.07, 6.45) is 2.53. The van der Waals surface area contributed by atoms with E-state index in [0.29, 0.717) is 0 Å². The lowest BCUT2D eigenvalue weighted by Crippen LogP contribution is -2.37. The second-order valence-electron chi connectivity index (χ2n) is 5.25. The van der Waals surface area contributed by atoms with Gasteiger partial charge in [-0.15, -0.1) is 24.0 Å². The number of furan rings is 1. The van der Waals surface area contributed by atoms with Crippen molar-refractivity contribution in [1.29, 1.82) is 0 Å². The van der Waals surface area contributed by atoms with Crippen LogP contribution in [-0.4, -0.2) is 33.6 Å². The summed E-state index contributed by atoms with van der Waals surface area (Å²) < 4.78 is 5.31. The number of hydrogen-bond donors (Lipinski definition) is 2. The first kappa shape index (κ1) is 19.3. The Kier molecular flexibility index (Phi) is 8.53. The number of halogens is 1. The van der Waals surface area contributed by atoms with Gasteiger partial charge in [-0.3, -0.25) is 4.99 Å². The number of nitrogens with one attached hydrogen (secondary N) is 2. The van der Waals surface area contributed by atoms with Gasteiger partial charge in [-0.2, -0.15) is 0 Å². The molecular weight excluding hydrogens is 403 g/mol. The normalized spacial score (nSPS) is 10.8. The van der Waals surface area contributed by atoms with Crippen LogP contribution in [0, 0.1) is 0 Å². The van der Waals surface area contributed by atoms with Gasteiger partial charge in [0.2, 0.25) is 0 Å². The Hall–Kier alpha value is -1.70. The maximum Gasteiger partial charge on any atom is 0.191 e. The molecule has 1 aromatic carbocycles. The molecule has 0 unspecified atom stereocenters. The van der Waals surface area contributed by atoms with Gasteiger partial charge in [-0.05, 0) is 29.8 Å². The molecule has 0 aliphatic carbocycles. The van der Waals surface area contributed by atoms with E-state index in [9.17, 15) is 0 Å². The Morgan fingerprint density at radius 1 is 1.17 bits per heavy atom. The third kappa shape index (κ3) is 6.52. The Morgan fingerprint density at radius 3 is 2.65 bits per heavy atom. The third-order valence-corrected chi connectivity index (χ3v) is 3.35. The third-order valence-electron chi connectivity index (χ3n) is 3.35. The topological polar surface area (TPSA) is 52.8 Å². The molecule has 0 amide bonds. The summed E-state index contributed by atoms with van der Waals surface area (Å²) >= 11 is 0. The molecule has 23 heavy (non-hydrogen) atoms. The summed E-state index contributed by atoms with van der Waals surface area (Å²) in [6.45, 7) is 1.52. The van der Waals surface area contributed by atoms with Gasteiger partial charge >= 0.3 is 0 Å². The van der Waals surface area contributed by atoms with Crippen molar-refractivity contribution in [3.05, 3.63) is 54.0 Å². The average Bonchev–Trinajstić information content (AvgIpc) is 3.04. The highest BCUT2D eigenvalue weighted by Crippen LogP contribution is 2.12. The molecule has 0 bridgehead atoms. The van der Waals surface area contributed by atoms with E-state index in [1.54, 1.807) is 13.3 Å². The quantitative estimate of drug-likeness (QED) is 0.422. The second-order valence-corrected chi connectivity index (χ2v) is 5.25. The van der Waals surface area contributed by atoms with Crippen molar-refractivity contribution in [3.63, 3.8) is 0 Å². The van der Waals surface area contributed by atoms with E-state index in [0.717, 1.165) is 31.2 Å². The molecule has 0 radical (unpaired) electrons. The van der Waals surface area contributed by atoms with E-state index >= 15 is 0 Å². The minimum absolute atomic E-state index is 0. The Labute approximate surface area is 155 Å². The average molecular weight is 428 g/mol. The first-order valence-corrected chi connectivity index (χ1v) is 7.42. The number of guanidine groups is 1. The Bertz CT molecular complexity index is 596. The molecule has 126 valence electrons. The van der Waals surface area contributed by atoms with Crippen LogP contribution in [0.15, 0.2) is 52.1 Å². The molecule has 1 heterocycles. The SMILES string of the molecule is CN=C(NCCc1ccco1)NCc1cccc(N(C)C)c1.I. The highest BCUT2D eigenvalue weighted by atomic mass is 127. The van der Waals surface area contributed by atoms with Gasteiger partial charge in [-0.1, -0.05) is 12.1 Å². The first-order chi connectivity index (χ1) is 10.7. The molecule has 0 spiro atoms. The predicted octanol–water partition coefficient (Wildman–Crippen LogP) is 2.87. The van der Waals surface area contributed by atoms with Crippen molar-refractivity contribution in [1.82, 2.24) is 10.6 Å². The predicted molar refractivity (Wildman–Crippen MR) is 107 cm³/mol. The van der Waals surface area contributed by atoms with E-state index < -0.39 is 0 Å². The zero-order valence-corrected chi connectivity index (χ0v) is 16.2. The monoisotopic (exact) mass is 428 g/mol. The van der Waals surface area contributed by atoms with E-state index in [2.05, 4.69) is 44.8 Å². The molecule has 0 aliphatic rings. The Morgan fingerprint density at radius 2 is 2.00 bits per heavy atom. The minimum atomic E-state index is 0. The smallest absolute Gasteiger partial charge is 0.191 e. The van der Waals surface area contributed by atoms with Crippen LogP contribution < -0.4 is 15.5 Å². The lowest BCUT2D eigenvalue weighted by molar-refractivity contribution is 0.507. The highest BCUT2D eigenvalue weighted by molar-refractivity contribution is 14.0. The summed E-state index contributed by atoms with van der Waals surface area (Å²) in [6, 6.07) is 12.3. The fourth-order valence-electron chi connectivity index (χ4n) is 2.11. The van der Waals surface area contributed by atoms with Crippen molar-refractivity contribution in [2.24, 2.45) is 4.99 Å². The van der Waals surface area contributed by atoms with E-state index in [4.69, 9.17) is 4.42 Å². The van der Waals surface area contributed by atoms with Gasteiger partial charge in [0.1, 0.15) is 5.76 Å². The number of rotatable bonds is 6. The molecule has 2 N–H and O–H groups in total. The molecule has 1 aromatic heterocycles. The van der Waals surface area contributed by atoms with Crippen LogP contribution in [0.5, 0.6) is 0 Å². The van der Waals surface area contributed by atoms with Gasteiger partial charge in [0.15, 0.2) is 5.96 Å². The maximum atomic E-state index is 5.31. The number of anilines is 1. The molecule has 2 rings (SSSR count). The summed E-state index contributed by atoms with van der Waals surface area (Å²) in [5, 5.41) is 6.61. The number of benzene rings is 1. The maximum absolute atomic E-state index is 5.31. The highest BCUT2D eigenvalue weighted by Gasteiger charge is 2.01. The van der Waals surface area contributed by atoms with Gasteiger partial charge in [0.05, 0.1) is 6.26 Å². The molecule has 5 nitrogen and oxygen atoms in total. The van der Waals surface area contributed by atoms with Crippen molar-refractivity contribution < 1.29 is 4.42 Å². The van der Waals surface area contributed by atoms with Gasteiger partial charge in [0, 0.05) is 46.3 Å². The lowest BCUT2D eigenvalue weighted by Gasteiger charge is -2.15. The molecule has 0 atom stereocenters. The van der Waals surface area contributed by atoms with E-state index in [1.165, 1.54) is 11.3 Å². The zero-order valence-electron chi connectivity index (χ0n) is 13.9. The van der Waals surface area contributed by atoms with Crippen LogP contribution in [0.1, 0.15) is 11.3 Å². The summed E-state index contributed by atoms with van der Waals surface area (Å²) in [4.78, 5) is 6.33. The van der Waals surface area contributed by atoms with Gasteiger partial charge in [0.25, 0.3) is 0 Å². The number of aliphatic imine (C=N–C) groups is 1. The molecule has 2 aromatic rings. The van der Waals surface area contributed by atoms with Gasteiger partial charge < -0.3 is 20.0 Å². The van der Waals surface area contributed by atoms with Crippen molar-refractivity contribution in [2.75, 3.05) is 32.6 Å². The molecule has 0 saturated carbocycles. The fraction of sp³-hybridized carbons (Fsp3) is 0.353.